The van der Waals surface area contributed by atoms with Gasteiger partial charge in [0.15, 0.2) is 0 Å². The maximum absolute atomic E-state index is 13.3. The number of rotatable bonds is 3. The van der Waals surface area contributed by atoms with Crippen molar-refractivity contribution in [2.45, 2.75) is 25.3 Å². The Bertz CT molecular complexity index is 623. The number of alkyl halides is 1. The molecular formula is C15H19ClFN3. The largest absolute Gasteiger partial charge is 0.326 e. The molecule has 1 saturated heterocycles. The standard InChI is InChI=1S/C15H19ClFN3/c1-10(16)15-18-13-7-12(17)3-4-14(13)20(15)9-11-5-6-19(2)8-11/h3-4,7,10-11H,5-6,8-9H2,1-2H3. The Morgan fingerprint density at radius 1 is 1.50 bits per heavy atom. The van der Waals surface area contributed by atoms with Crippen LogP contribution in [-0.2, 0) is 6.54 Å². The first-order valence-electron chi connectivity index (χ1n) is 7.03. The highest BCUT2D eigenvalue weighted by atomic mass is 35.5. The number of fused-ring (bicyclic) bond motifs is 1. The molecule has 2 atom stereocenters. The third-order valence-electron chi connectivity index (χ3n) is 4.03. The number of halogens is 2. The fourth-order valence-electron chi connectivity index (χ4n) is 3.05. The summed E-state index contributed by atoms with van der Waals surface area (Å²) >= 11 is 6.25. The summed E-state index contributed by atoms with van der Waals surface area (Å²) in [5.41, 5.74) is 1.67. The Balaban J connectivity index is 2.00. The molecule has 1 aromatic carbocycles. The second-order valence-electron chi connectivity index (χ2n) is 5.75. The van der Waals surface area contributed by atoms with Crippen LogP contribution in [0, 0.1) is 11.7 Å². The maximum Gasteiger partial charge on any atom is 0.127 e. The van der Waals surface area contributed by atoms with Crippen LogP contribution < -0.4 is 0 Å². The topological polar surface area (TPSA) is 21.1 Å². The molecule has 108 valence electrons. The van der Waals surface area contributed by atoms with Gasteiger partial charge in [-0.25, -0.2) is 9.37 Å². The summed E-state index contributed by atoms with van der Waals surface area (Å²) in [6, 6.07) is 4.78. The van der Waals surface area contributed by atoms with Gasteiger partial charge in [0, 0.05) is 19.2 Å². The van der Waals surface area contributed by atoms with Crippen molar-refractivity contribution >= 4 is 22.6 Å². The predicted molar refractivity (Wildman–Crippen MR) is 79.6 cm³/mol. The molecule has 0 N–H and O–H groups in total. The second-order valence-corrected chi connectivity index (χ2v) is 6.40. The molecule has 1 aliphatic heterocycles. The van der Waals surface area contributed by atoms with Gasteiger partial charge >= 0.3 is 0 Å². The number of hydrogen-bond donors (Lipinski definition) is 0. The normalized spacial score (nSPS) is 21.7. The van der Waals surface area contributed by atoms with Crippen molar-refractivity contribution in [3.8, 4) is 0 Å². The average molecular weight is 296 g/mol. The minimum atomic E-state index is -0.253. The zero-order chi connectivity index (χ0) is 14.3. The first-order chi connectivity index (χ1) is 9.54. The minimum absolute atomic E-state index is 0.176. The lowest BCUT2D eigenvalue weighted by atomic mass is 10.1. The monoisotopic (exact) mass is 295 g/mol. The van der Waals surface area contributed by atoms with Crippen LogP contribution in [0.5, 0.6) is 0 Å². The highest BCUT2D eigenvalue weighted by Crippen LogP contribution is 2.27. The quantitative estimate of drug-likeness (QED) is 0.809. The van der Waals surface area contributed by atoms with Gasteiger partial charge in [-0.3, -0.25) is 0 Å². The minimum Gasteiger partial charge on any atom is -0.326 e. The van der Waals surface area contributed by atoms with Crippen molar-refractivity contribution in [3.63, 3.8) is 0 Å². The Morgan fingerprint density at radius 2 is 2.30 bits per heavy atom. The van der Waals surface area contributed by atoms with Crippen molar-refractivity contribution in [2.75, 3.05) is 20.1 Å². The summed E-state index contributed by atoms with van der Waals surface area (Å²) in [5, 5.41) is -0.176. The molecule has 0 amide bonds. The van der Waals surface area contributed by atoms with E-state index in [9.17, 15) is 4.39 Å². The fraction of sp³-hybridized carbons (Fsp3) is 0.533. The van der Waals surface area contributed by atoms with Gasteiger partial charge in [-0.05, 0) is 45.0 Å². The maximum atomic E-state index is 13.3. The third-order valence-corrected chi connectivity index (χ3v) is 4.22. The molecule has 1 aliphatic rings. The van der Waals surface area contributed by atoms with Crippen molar-refractivity contribution in [2.24, 2.45) is 5.92 Å². The summed E-state index contributed by atoms with van der Waals surface area (Å²) < 4.78 is 15.5. The zero-order valence-corrected chi connectivity index (χ0v) is 12.6. The van der Waals surface area contributed by atoms with Crippen LogP contribution in [0.3, 0.4) is 0 Å². The molecule has 3 rings (SSSR count). The van der Waals surface area contributed by atoms with Crippen molar-refractivity contribution < 1.29 is 4.39 Å². The van der Waals surface area contributed by atoms with Crippen molar-refractivity contribution in [1.29, 1.82) is 0 Å². The molecule has 2 heterocycles. The number of nitrogens with zero attached hydrogens (tertiary/aromatic N) is 3. The van der Waals surface area contributed by atoms with E-state index >= 15 is 0 Å². The molecule has 3 nitrogen and oxygen atoms in total. The van der Waals surface area contributed by atoms with Crippen LogP contribution >= 0.6 is 11.6 Å². The summed E-state index contributed by atoms with van der Waals surface area (Å²) in [6.45, 7) is 5.05. The van der Waals surface area contributed by atoms with E-state index in [1.807, 2.05) is 6.92 Å². The number of benzene rings is 1. The SMILES string of the molecule is CC(Cl)c1nc2cc(F)ccc2n1CC1CCN(C)C1. The van der Waals surface area contributed by atoms with Gasteiger partial charge in [0.1, 0.15) is 11.6 Å². The molecule has 0 bridgehead atoms. The van der Waals surface area contributed by atoms with Gasteiger partial charge < -0.3 is 9.47 Å². The van der Waals surface area contributed by atoms with Gasteiger partial charge in [-0.15, -0.1) is 11.6 Å². The van der Waals surface area contributed by atoms with E-state index in [-0.39, 0.29) is 11.2 Å². The van der Waals surface area contributed by atoms with Gasteiger partial charge in [0.25, 0.3) is 0 Å². The number of hydrogen-bond acceptors (Lipinski definition) is 2. The number of imidazole rings is 1. The van der Waals surface area contributed by atoms with Gasteiger partial charge in [-0.2, -0.15) is 0 Å². The van der Waals surface area contributed by atoms with Crippen molar-refractivity contribution in [3.05, 3.63) is 29.8 Å². The van der Waals surface area contributed by atoms with E-state index in [2.05, 4.69) is 21.5 Å². The van der Waals surface area contributed by atoms with Crippen molar-refractivity contribution in [1.82, 2.24) is 14.5 Å². The van der Waals surface area contributed by atoms with E-state index in [0.717, 1.165) is 31.0 Å². The summed E-state index contributed by atoms with van der Waals surface area (Å²) in [5.74, 6) is 1.19. The molecular weight excluding hydrogens is 277 g/mol. The Morgan fingerprint density at radius 3 is 2.95 bits per heavy atom. The summed E-state index contributed by atoms with van der Waals surface area (Å²) in [7, 11) is 2.15. The van der Waals surface area contributed by atoms with Gasteiger partial charge in [0.05, 0.1) is 16.4 Å². The molecule has 1 fully saturated rings. The highest BCUT2D eigenvalue weighted by Gasteiger charge is 2.23. The molecule has 20 heavy (non-hydrogen) atoms. The van der Waals surface area contributed by atoms with E-state index in [4.69, 9.17) is 11.6 Å². The number of likely N-dealkylation sites (tertiary alicyclic amines) is 1. The van der Waals surface area contributed by atoms with E-state index in [1.165, 1.54) is 18.6 Å². The van der Waals surface area contributed by atoms with Crippen LogP contribution in [0.15, 0.2) is 18.2 Å². The van der Waals surface area contributed by atoms with Gasteiger partial charge in [-0.1, -0.05) is 0 Å². The molecule has 2 unspecified atom stereocenters. The highest BCUT2D eigenvalue weighted by molar-refractivity contribution is 6.20. The molecule has 0 spiro atoms. The van der Waals surface area contributed by atoms with Crippen LogP contribution in [0.1, 0.15) is 24.5 Å². The first-order valence-corrected chi connectivity index (χ1v) is 7.46. The summed E-state index contributed by atoms with van der Waals surface area (Å²) in [6.07, 6.45) is 1.19. The number of aromatic nitrogens is 2. The van der Waals surface area contributed by atoms with Crippen LogP contribution in [0.2, 0.25) is 0 Å². The molecule has 0 aliphatic carbocycles. The molecule has 0 saturated carbocycles. The molecule has 0 radical (unpaired) electrons. The zero-order valence-electron chi connectivity index (χ0n) is 11.8. The Labute approximate surface area is 123 Å². The van der Waals surface area contributed by atoms with Gasteiger partial charge in [0.2, 0.25) is 0 Å². The van der Waals surface area contributed by atoms with Crippen LogP contribution in [-0.4, -0.2) is 34.6 Å². The smallest absolute Gasteiger partial charge is 0.127 e. The lowest BCUT2D eigenvalue weighted by Crippen LogP contribution is -2.18. The molecule has 5 heteroatoms. The third kappa shape index (κ3) is 2.54. The van der Waals surface area contributed by atoms with E-state index < -0.39 is 0 Å². The lowest BCUT2D eigenvalue weighted by molar-refractivity contribution is 0.377. The Kier molecular flexibility index (Phi) is 3.69. The molecule has 2 aromatic rings. The predicted octanol–water partition coefficient (Wildman–Crippen LogP) is 3.43. The van der Waals surface area contributed by atoms with Crippen LogP contribution in [0.25, 0.3) is 11.0 Å². The fourth-order valence-corrected chi connectivity index (χ4v) is 3.22. The summed E-state index contributed by atoms with van der Waals surface area (Å²) in [4.78, 5) is 6.85. The lowest BCUT2D eigenvalue weighted by Gasteiger charge is -2.15. The Hall–Kier alpha value is -1.13. The van der Waals surface area contributed by atoms with E-state index in [1.54, 1.807) is 6.07 Å². The molecule has 1 aromatic heterocycles. The van der Waals surface area contributed by atoms with E-state index in [0.29, 0.717) is 11.4 Å². The first kappa shape index (κ1) is 13.8. The average Bonchev–Trinajstić information content (AvgIpc) is 2.94. The van der Waals surface area contributed by atoms with Crippen LogP contribution in [0.4, 0.5) is 4.39 Å². The second kappa shape index (κ2) is 5.34.